The van der Waals surface area contributed by atoms with Crippen molar-refractivity contribution < 1.29 is 9.90 Å². The number of carbonyl (C=O) groups excluding carboxylic acids is 1. The summed E-state index contributed by atoms with van der Waals surface area (Å²) in [5.74, 6) is 0.0585. The van der Waals surface area contributed by atoms with Crippen molar-refractivity contribution >= 4 is 11.7 Å². The molecule has 1 unspecified atom stereocenters. The summed E-state index contributed by atoms with van der Waals surface area (Å²) in [5.41, 5.74) is 5.77. The maximum absolute atomic E-state index is 11.4. The van der Waals surface area contributed by atoms with E-state index in [1.165, 1.54) is 0 Å². The number of anilines is 1. The lowest BCUT2D eigenvalue weighted by Gasteiger charge is -2.27. The van der Waals surface area contributed by atoms with Gasteiger partial charge in [0.15, 0.2) is 0 Å². The molecular weight excluding hydrogens is 244 g/mol. The van der Waals surface area contributed by atoms with E-state index < -0.39 is 5.91 Å². The number of rotatable bonds is 6. The van der Waals surface area contributed by atoms with Gasteiger partial charge < -0.3 is 21.1 Å². The van der Waals surface area contributed by atoms with Gasteiger partial charge in [0.2, 0.25) is 0 Å². The van der Waals surface area contributed by atoms with Crippen LogP contribution in [0.25, 0.3) is 0 Å². The minimum atomic E-state index is -0.495. The molecule has 19 heavy (non-hydrogen) atoms. The Morgan fingerprint density at radius 3 is 3.11 bits per heavy atom. The van der Waals surface area contributed by atoms with Crippen LogP contribution in [0, 0.1) is 0 Å². The topological polar surface area (TPSA) is 91.5 Å². The largest absolute Gasteiger partial charge is 0.395 e. The zero-order chi connectivity index (χ0) is 13.7. The number of nitrogens with one attached hydrogen (secondary N) is 1. The normalized spacial score (nSPS) is 18.5. The zero-order valence-electron chi connectivity index (χ0n) is 10.9. The van der Waals surface area contributed by atoms with Crippen molar-refractivity contribution in [3.63, 3.8) is 0 Å². The smallest absolute Gasteiger partial charge is 0.252 e. The molecule has 0 saturated carbocycles. The summed E-state index contributed by atoms with van der Waals surface area (Å²) in [7, 11) is 0. The lowest BCUT2D eigenvalue weighted by Crippen LogP contribution is -2.40. The molecule has 1 aromatic rings. The number of hydrogen-bond donors (Lipinski definition) is 3. The number of amides is 1. The number of hydrogen-bond acceptors (Lipinski definition) is 5. The highest BCUT2D eigenvalue weighted by Gasteiger charge is 2.21. The van der Waals surface area contributed by atoms with Gasteiger partial charge in [0.25, 0.3) is 5.91 Å². The molecule has 1 saturated heterocycles. The number of primary amides is 1. The Morgan fingerprint density at radius 2 is 2.47 bits per heavy atom. The summed E-state index contributed by atoms with van der Waals surface area (Å²) in [6.07, 6.45) is 3.89. The molecule has 1 aromatic heterocycles. The molecule has 1 aliphatic rings. The molecule has 0 spiro atoms. The van der Waals surface area contributed by atoms with E-state index in [9.17, 15) is 9.90 Å². The van der Waals surface area contributed by atoms with E-state index in [1.807, 2.05) is 4.90 Å². The Labute approximate surface area is 112 Å². The van der Waals surface area contributed by atoms with Gasteiger partial charge in [-0.2, -0.15) is 0 Å². The second kappa shape index (κ2) is 6.49. The first-order valence-electron chi connectivity index (χ1n) is 6.56. The highest BCUT2D eigenvalue weighted by molar-refractivity contribution is 5.97. The van der Waals surface area contributed by atoms with Crippen LogP contribution in [-0.2, 0) is 0 Å². The van der Waals surface area contributed by atoms with Crippen LogP contribution in [0.4, 0.5) is 5.82 Å². The molecule has 0 aliphatic carbocycles. The van der Waals surface area contributed by atoms with E-state index in [2.05, 4.69) is 10.3 Å². The number of aliphatic hydroxyl groups is 1. The fourth-order valence-corrected chi connectivity index (χ4v) is 2.42. The molecular formula is C13H20N4O2. The Hall–Kier alpha value is -1.66. The summed E-state index contributed by atoms with van der Waals surface area (Å²) in [6.45, 7) is 2.19. The van der Waals surface area contributed by atoms with Gasteiger partial charge in [-0.1, -0.05) is 0 Å². The molecule has 4 N–H and O–H groups in total. The van der Waals surface area contributed by atoms with Crippen molar-refractivity contribution in [3.05, 3.63) is 23.9 Å². The first-order chi connectivity index (χ1) is 9.22. The van der Waals surface area contributed by atoms with Gasteiger partial charge in [-0.15, -0.1) is 0 Å². The molecule has 104 valence electrons. The van der Waals surface area contributed by atoms with Crippen LogP contribution in [0.1, 0.15) is 23.2 Å². The molecule has 6 heteroatoms. The lowest BCUT2D eigenvalue weighted by molar-refractivity contribution is 0.100. The van der Waals surface area contributed by atoms with Gasteiger partial charge in [0.1, 0.15) is 5.82 Å². The van der Waals surface area contributed by atoms with E-state index in [4.69, 9.17) is 5.73 Å². The average Bonchev–Trinajstić information content (AvgIpc) is 2.91. The SMILES string of the molecule is NC(=O)c1cccnc1N(CCO)CC1CCCN1. The third kappa shape index (κ3) is 3.42. The number of carbonyl (C=O) groups is 1. The van der Waals surface area contributed by atoms with Crippen LogP contribution >= 0.6 is 0 Å². The second-order valence-corrected chi connectivity index (χ2v) is 4.70. The van der Waals surface area contributed by atoms with Crippen LogP contribution in [0.2, 0.25) is 0 Å². The van der Waals surface area contributed by atoms with Gasteiger partial charge in [-0.3, -0.25) is 4.79 Å². The Kier molecular flexibility index (Phi) is 4.70. The molecule has 1 aliphatic heterocycles. The van der Waals surface area contributed by atoms with Crippen molar-refractivity contribution in [2.75, 3.05) is 31.1 Å². The zero-order valence-corrected chi connectivity index (χ0v) is 10.9. The molecule has 2 rings (SSSR count). The Bertz CT molecular complexity index is 432. The quantitative estimate of drug-likeness (QED) is 0.658. The lowest BCUT2D eigenvalue weighted by atomic mass is 10.2. The average molecular weight is 264 g/mol. The summed E-state index contributed by atoms with van der Waals surface area (Å²) >= 11 is 0. The number of nitrogens with two attached hydrogens (primary N) is 1. The highest BCUT2D eigenvalue weighted by Crippen LogP contribution is 2.18. The highest BCUT2D eigenvalue weighted by atomic mass is 16.3. The van der Waals surface area contributed by atoms with Gasteiger partial charge in [-0.05, 0) is 31.5 Å². The van der Waals surface area contributed by atoms with Crippen LogP contribution in [0.5, 0.6) is 0 Å². The maximum atomic E-state index is 11.4. The van der Waals surface area contributed by atoms with E-state index in [-0.39, 0.29) is 6.61 Å². The fraction of sp³-hybridized carbons (Fsp3) is 0.538. The van der Waals surface area contributed by atoms with E-state index in [1.54, 1.807) is 18.3 Å². The third-order valence-electron chi connectivity index (χ3n) is 3.32. The second-order valence-electron chi connectivity index (χ2n) is 4.70. The number of pyridine rings is 1. The summed E-state index contributed by atoms with van der Waals surface area (Å²) in [4.78, 5) is 17.6. The fourth-order valence-electron chi connectivity index (χ4n) is 2.42. The van der Waals surface area contributed by atoms with Crippen molar-refractivity contribution in [3.8, 4) is 0 Å². The Morgan fingerprint density at radius 1 is 1.63 bits per heavy atom. The molecule has 2 heterocycles. The molecule has 0 aromatic carbocycles. The van der Waals surface area contributed by atoms with Crippen molar-refractivity contribution in [1.29, 1.82) is 0 Å². The predicted molar refractivity (Wildman–Crippen MR) is 73.1 cm³/mol. The molecule has 1 atom stereocenters. The molecule has 0 radical (unpaired) electrons. The van der Waals surface area contributed by atoms with Gasteiger partial charge in [0.05, 0.1) is 12.2 Å². The van der Waals surface area contributed by atoms with E-state index in [0.29, 0.717) is 24.0 Å². The summed E-state index contributed by atoms with van der Waals surface area (Å²) in [5, 5.41) is 12.6. The first-order valence-corrected chi connectivity index (χ1v) is 6.56. The molecule has 1 fully saturated rings. The van der Waals surface area contributed by atoms with Crippen LogP contribution in [-0.4, -0.2) is 48.3 Å². The van der Waals surface area contributed by atoms with Crippen molar-refractivity contribution in [2.24, 2.45) is 5.73 Å². The first kappa shape index (κ1) is 13.8. The summed E-state index contributed by atoms with van der Waals surface area (Å²) < 4.78 is 0. The van der Waals surface area contributed by atoms with E-state index in [0.717, 1.165) is 25.9 Å². The number of aliphatic hydroxyl groups excluding tert-OH is 1. The van der Waals surface area contributed by atoms with Gasteiger partial charge in [0, 0.05) is 25.3 Å². The van der Waals surface area contributed by atoms with Gasteiger partial charge >= 0.3 is 0 Å². The molecule has 1 amide bonds. The minimum Gasteiger partial charge on any atom is -0.395 e. The van der Waals surface area contributed by atoms with Crippen LogP contribution in [0.3, 0.4) is 0 Å². The number of aromatic nitrogens is 1. The number of nitrogens with zero attached hydrogens (tertiary/aromatic N) is 2. The third-order valence-corrected chi connectivity index (χ3v) is 3.32. The Balaban J connectivity index is 2.19. The van der Waals surface area contributed by atoms with Crippen molar-refractivity contribution in [2.45, 2.75) is 18.9 Å². The van der Waals surface area contributed by atoms with Crippen molar-refractivity contribution in [1.82, 2.24) is 10.3 Å². The van der Waals surface area contributed by atoms with Gasteiger partial charge in [-0.25, -0.2) is 4.98 Å². The molecule has 0 bridgehead atoms. The van der Waals surface area contributed by atoms with E-state index >= 15 is 0 Å². The predicted octanol–water partition coefficient (Wildman–Crippen LogP) is -0.269. The van der Waals surface area contributed by atoms with Crippen LogP contribution in [0.15, 0.2) is 18.3 Å². The summed E-state index contributed by atoms with van der Waals surface area (Å²) in [6, 6.07) is 3.72. The monoisotopic (exact) mass is 264 g/mol. The minimum absolute atomic E-state index is 0.0154. The maximum Gasteiger partial charge on any atom is 0.252 e. The molecule has 6 nitrogen and oxygen atoms in total. The standard InChI is InChI=1S/C13H20N4O2/c14-12(19)11-4-2-6-16-13(11)17(7-8-18)9-10-3-1-5-15-10/h2,4,6,10,15,18H,1,3,5,7-9H2,(H2,14,19). The van der Waals surface area contributed by atoms with Crippen LogP contribution < -0.4 is 16.0 Å².